The van der Waals surface area contributed by atoms with Crippen molar-refractivity contribution in [1.82, 2.24) is 4.31 Å². The van der Waals surface area contributed by atoms with Gasteiger partial charge in [0.1, 0.15) is 11.4 Å². The Hall–Kier alpha value is -3.01. The monoisotopic (exact) mass is 573 g/mol. The number of furan rings is 1. The van der Waals surface area contributed by atoms with E-state index in [0.717, 1.165) is 5.56 Å². The van der Waals surface area contributed by atoms with Crippen LogP contribution in [0.1, 0.15) is 34.2 Å². The Balaban J connectivity index is 1.72. The van der Waals surface area contributed by atoms with Crippen molar-refractivity contribution < 1.29 is 26.8 Å². The third-order valence-electron chi connectivity index (χ3n) is 5.86. The Labute approximate surface area is 217 Å². The van der Waals surface area contributed by atoms with Gasteiger partial charge in [-0.25, -0.2) is 17.6 Å². The molecular weight excluding hydrogens is 549 g/mol. The van der Waals surface area contributed by atoms with Crippen molar-refractivity contribution in [1.29, 1.82) is 0 Å². The number of nitrogens with zero attached hydrogens (tertiary/aromatic N) is 1. The minimum absolute atomic E-state index is 0.0277. The van der Waals surface area contributed by atoms with Gasteiger partial charge < -0.3 is 9.15 Å². The molecule has 0 radical (unpaired) electrons. The lowest BCUT2D eigenvalue weighted by Crippen LogP contribution is -2.33. The van der Waals surface area contributed by atoms with Crippen LogP contribution >= 0.6 is 15.9 Å². The number of ether oxygens (including phenoxy) is 1. The molecule has 0 fully saturated rings. The molecule has 1 heterocycles. The molecule has 0 spiro atoms. The van der Waals surface area contributed by atoms with Crippen LogP contribution in [0.4, 0.5) is 4.39 Å². The molecule has 36 heavy (non-hydrogen) atoms. The third kappa shape index (κ3) is 5.53. The van der Waals surface area contributed by atoms with Crippen molar-refractivity contribution in [3.05, 3.63) is 99.5 Å². The molecule has 6 nitrogen and oxygen atoms in total. The predicted molar refractivity (Wildman–Crippen MR) is 139 cm³/mol. The van der Waals surface area contributed by atoms with Crippen LogP contribution in [-0.2, 0) is 27.7 Å². The number of hydrogen-bond donors (Lipinski definition) is 0. The van der Waals surface area contributed by atoms with E-state index in [4.69, 9.17) is 9.15 Å². The first-order valence-corrected chi connectivity index (χ1v) is 13.6. The fraction of sp³-hybridized carbons (Fsp3) is 0.222. The number of carbonyl (C=O) groups excluding carboxylic acids is 1. The van der Waals surface area contributed by atoms with E-state index < -0.39 is 21.8 Å². The highest BCUT2D eigenvalue weighted by molar-refractivity contribution is 9.10. The minimum Gasteiger partial charge on any atom is -0.460 e. The smallest absolute Gasteiger partial charge is 0.374 e. The van der Waals surface area contributed by atoms with Crippen molar-refractivity contribution in [3.63, 3.8) is 0 Å². The summed E-state index contributed by atoms with van der Waals surface area (Å²) in [6.07, 6.45) is 0.457. The van der Waals surface area contributed by atoms with Gasteiger partial charge in [0, 0.05) is 34.1 Å². The van der Waals surface area contributed by atoms with Crippen LogP contribution in [0.3, 0.4) is 0 Å². The van der Waals surface area contributed by atoms with Gasteiger partial charge in [0.2, 0.25) is 15.8 Å². The summed E-state index contributed by atoms with van der Waals surface area (Å²) in [4.78, 5) is 12.3. The van der Waals surface area contributed by atoms with E-state index in [1.54, 1.807) is 26.0 Å². The zero-order valence-electron chi connectivity index (χ0n) is 19.8. The lowest BCUT2D eigenvalue weighted by atomic mass is 10.1. The summed E-state index contributed by atoms with van der Waals surface area (Å²) < 4.78 is 54.8. The highest BCUT2D eigenvalue weighted by Gasteiger charge is 2.27. The number of fused-ring (bicyclic) bond motifs is 1. The first kappa shape index (κ1) is 26.1. The van der Waals surface area contributed by atoms with Crippen LogP contribution in [0.25, 0.3) is 11.0 Å². The van der Waals surface area contributed by atoms with Gasteiger partial charge in [-0.3, -0.25) is 0 Å². The molecule has 0 bridgehead atoms. The van der Waals surface area contributed by atoms with Crippen LogP contribution < -0.4 is 0 Å². The molecule has 0 N–H and O–H groups in total. The third-order valence-corrected chi connectivity index (χ3v) is 8.20. The lowest BCUT2D eigenvalue weighted by molar-refractivity contribution is 0.0491. The zero-order valence-corrected chi connectivity index (χ0v) is 22.2. The lowest BCUT2D eigenvalue weighted by Gasteiger charge is -2.23. The van der Waals surface area contributed by atoms with Crippen molar-refractivity contribution in [3.8, 4) is 0 Å². The molecule has 0 aliphatic carbocycles. The van der Waals surface area contributed by atoms with Gasteiger partial charge in [0.05, 0.1) is 11.5 Å². The molecule has 0 saturated heterocycles. The molecule has 0 amide bonds. The van der Waals surface area contributed by atoms with Gasteiger partial charge in [-0.2, -0.15) is 4.31 Å². The largest absolute Gasteiger partial charge is 0.460 e. The van der Waals surface area contributed by atoms with Crippen molar-refractivity contribution in [2.45, 2.75) is 31.7 Å². The summed E-state index contributed by atoms with van der Waals surface area (Å²) >= 11 is 3.24. The molecule has 0 saturated carbocycles. The molecule has 0 atom stereocenters. The van der Waals surface area contributed by atoms with Crippen molar-refractivity contribution in [2.75, 3.05) is 13.2 Å². The topological polar surface area (TPSA) is 76.8 Å². The van der Waals surface area contributed by atoms with E-state index in [-0.39, 0.29) is 35.9 Å². The fourth-order valence-corrected chi connectivity index (χ4v) is 5.70. The van der Waals surface area contributed by atoms with Gasteiger partial charge >= 0.3 is 5.97 Å². The second-order valence-corrected chi connectivity index (χ2v) is 11.1. The number of halogens is 2. The highest BCUT2D eigenvalue weighted by atomic mass is 79.9. The Morgan fingerprint density at radius 3 is 2.53 bits per heavy atom. The number of aryl methyl sites for hydroxylation is 1. The summed E-state index contributed by atoms with van der Waals surface area (Å²) in [6.45, 7) is 3.58. The molecule has 3 aromatic carbocycles. The molecule has 9 heteroatoms. The van der Waals surface area contributed by atoms with Gasteiger partial charge in [-0.1, -0.05) is 52.3 Å². The number of hydrogen-bond acceptors (Lipinski definition) is 5. The highest BCUT2D eigenvalue weighted by Crippen LogP contribution is 2.30. The molecular formula is C27H25BrFNO5S. The average molecular weight is 574 g/mol. The first-order valence-electron chi connectivity index (χ1n) is 11.4. The number of rotatable bonds is 9. The van der Waals surface area contributed by atoms with Crippen LogP contribution in [0, 0.1) is 12.7 Å². The molecule has 4 aromatic rings. The SMILES string of the molecule is CCOC(=O)c1oc2ccc(S(=O)(=O)N(CCc3ccccc3)Cc3ccc(Br)cc3F)cc2c1C. The Morgan fingerprint density at radius 1 is 1.08 bits per heavy atom. The molecule has 188 valence electrons. The molecule has 0 unspecified atom stereocenters. The number of esters is 1. The van der Waals surface area contributed by atoms with E-state index in [2.05, 4.69) is 15.9 Å². The summed E-state index contributed by atoms with van der Waals surface area (Å²) in [7, 11) is -4.03. The molecule has 0 aliphatic heterocycles. The van der Waals surface area contributed by atoms with Gasteiger partial charge in [-0.15, -0.1) is 0 Å². The van der Waals surface area contributed by atoms with Crippen LogP contribution in [0.5, 0.6) is 0 Å². The van der Waals surface area contributed by atoms with Gasteiger partial charge in [0.25, 0.3) is 0 Å². The fourth-order valence-electron chi connectivity index (χ4n) is 3.92. The Morgan fingerprint density at radius 2 is 1.83 bits per heavy atom. The minimum atomic E-state index is -4.03. The zero-order chi connectivity index (χ0) is 25.9. The number of carbonyl (C=O) groups is 1. The van der Waals surface area contributed by atoms with Crippen molar-refractivity contribution in [2.24, 2.45) is 0 Å². The van der Waals surface area contributed by atoms with E-state index in [1.807, 2.05) is 30.3 Å². The summed E-state index contributed by atoms with van der Waals surface area (Å²) in [5.41, 5.74) is 2.11. The van der Waals surface area contributed by atoms with E-state index in [1.165, 1.54) is 28.6 Å². The standard InChI is InChI=1S/C27H25BrFNO5S/c1-3-34-27(31)26-18(2)23-16-22(11-12-25(23)35-26)36(32,33)30(14-13-19-7-5-4-6-8-19)17-20-9-10-21(28)15-24(20)29/h4-12,15-16H,3,13-14,17H2,1-2H3. The average Bonchev–Trinajstić information content (AvgIpc) is 3.19. The van der Waals surface area contributed by atoms with Crippen LogP contribution in [0.2, 0.25) is 0 Å². The van der Waals surface area contributed by atoms with E-state index in [0.29, 0.717) is 27.4 Å². The second kappa shape index (κ2) is 10.9. The van der Waals surface area contributed by atoms with E-state index in [9.17, 15) is 17.6 Å². The van der Waals surface area contributed by atoms with Crippen LogP contribution in [-0.4, -0.2) is 31.8 Å². The normalized spacial score (nSPS) is 11.8. The molecule has 4 rings (SSSR count). The summed E-state index contributed by atoms with van der Waals surface area (Å²) in [6, 6.07) is 18.5. The molecule has 1 aromatic heterocycles. The predicted octanol–water partition coefficient (Wildman–Crippen LogP) is 6.25. The Bertz CT molecular complexity index is 1500. The van der Waals surface area contributed by atoms with Crippen LogP contribution in [0.15, 0.2) is 80.5 Å². The maximum Gasteiger partial charge on any atom is 0.374 e. The summed E-state index contributed by atoms with van der Waals surface area (Å²) in [5.74, 6) is -1.06. The maximum atomic E-state index is 14.7. The van der Waals surface area contributed by atoms with Gasteiger partial charge in [-0.05, 0) is 56.2 Å². The molecule has 0 aliphatic rings. The Kier molecular flexibility index (Phi) is 7.92. The quantitative estimate of drug-likeness (QED) is 0.221. The first-order chi connectivity index (χ1) is 17.2. The van der Waals surface area contributed by atoms with Crippen molar-refractivity contribution >= 4 is 42.9 Å². The van der Waals surface area contributed by atoms with E-state index >= 15 is 0 Å². The second-order valence-electron chi connectivity index (χ2n) is 8.24. The maximum absolute atomic E-state index is 14.7. The summed E-state index contributed by atoms with van der Waals surface area (Å²) in [5, 5.41) is 0.497. The number of sulfonamides is 1. The number of benzene rings is 3. The van der Waals surface area contributed by atoms with Gasteiger partial charge in [0.15, 0.2) is 0 Å².